The first-order valence-electron chi connectivity index (χ1n) is 7.99. The second-order valence-corrected chi connectivity index (χ2v) is 7.83. The van der Waals surface area contributed by atoms with Crippen LogP contribution in [-0.2, 0) is 14.6 Å². The Morgan fingerprint density at radius 1 is 1.25 bits per heavy atom. The van der Waals surface area contributed by atoms with E-state index in [1.807, 2.05) is 6.92 Å². The summed E-state index contributed by atoms with van der Waals surface area (Å²) in [5, 5.41) is 5.70. The van der Waals surface area contributed by atoms with E-state index in [2.05, 4.69) is 10.6 Å². The molecule has 0 saturated heterocycles. The normalized spacial score (nSPS) is 15.4. The maximum atomic E-state index is 12.4. The average molecular weight is 356 g/mol. The van der Waals surface area contributed by atoms with Crippen LogP contribution in [0, 0.1) is 0 Å². The standard InChI is InChI=1S/C16H24N2O5S/c1-12(17-2)11-18-16(19)6-9-24(20,21)13-4-5-14-15(10-13)23-8-3-7-22-14/h4-5,10,12,17H,3,6-9,11H2,1-2H3,(H,18,19). The molecule has 134 valence electrons. The van der Waals surface area contributed by atoms with Gasteiger partial charge in [0.1, 0.15) is 0 Å². The minimum Gasteiger partial charge on any atom is -0.490 e. The molecule has 0 radical (unpaired) electrons. The number of sulfone groups is 1. The van der Waals surface area contributed by atoms with Gasteiger partial charge in [0.05, 0.1) is 23.9 Å². The van der Waals surface area contributed by atoms with Gasteiger partial charge in [0.2, 0.25) is 5.91 Å². The Hall–Kier alpha value is -1.80. The van der Waals surface area contributed by atoms with E-state index in [0.29, 0.717) is 31.3 Å². The van der Waals surface area contributed by atoms with E-state index in [4.69, 9.17) is 9.47 Å². The van der Waals surface area contributed by atoms with Gasteiger partial charge in [-0.1, -0.05) is 0 Å². The summed E-state index contributed by atoms with van der Waals surface area (Å²) in [6, 6.07) is 4.69. The fraction of sp³-hybridized carbons (Fsp3) is 0.562. The molecule has 1 atom stereocenters. The zero-order chi connectivity index (χ0) is 17.6. The van der Waals surface area contributed by atoms with Crippen LogP contribution in [0.2, 0.25) is 0 Å². The summed E-state index contributed by atoms with van der Waals surface area (Å²) in [5.41, 5.74) is 0. The molecule has 2 N–H and O–H groups in total. The third kappa shape index (κ3) is 5.10. The van der Waals surface area contributed by atoms with Gasteiger partial charge >= 0.3 is 0 Å². The Morgan fingerprint density at radius 2 is 1.96 bits per heavy atom. The van der Waals surface area contributed by atoms with Crippen molar-refractivity contribution in [1.82, 2.24) is 10.6 Å². The number of amides is 1. The van der Waals surface area contributed by atoms with Crippen molar-refractivity contribution in [2.45, 2.75) is 30.7 Å². The Bertz CT molecular complexity index is 675. The van der Waals surface area contributed by atoms with Crippen LogP contribution in [0.1, 0.15) is 19.8 Å². The van der Waals surface area contributed by atoms with Crippen LogP contribution >= 0.6 is 0 Å². The van der Waals surface area contributed by atoms with Crippen LogP contribution in [0.25, 0.3) is 0 Å². The van der Waals surface area contributed by atoms with Crippen molar-refractivity contribution < 1.29 is 22.7 Å². The molecule has 1 heterocycles. The Labute approximate surface area is 142 Å². The SMILES string of the molecule is CNC(C)CNC(=O)CCS(=O)(=O)c1ccc2c(c1)OCCCO2. The second-order valence-electron chi connectivity index (χ2n) is 5.72. The van der Waals surface area contributed by atoms with Crippen LogP contribution in [0.15, 0.2) is 23.1 Å². The van der Waals surface area contributed by atoms with E-state index in [1.54, 1.807) is 13.1 Å². The summed E-state index contributed by atoms with van der Waals surface area (Å²) in [5.74, 6) is 0.452. The van der Waals surface area contributed by atoms with Crippen LogP contribution in [0.5, 0.6) is 11.5 Å². The molecule has 0 bridgehead atoms. The number of carbonyl (C=O) groups excluding carboxylic acids is 1. The minimum absolute atomic E-state index is 0.0762. The summed E-state index contributed by atoms with van der Waals surface area (Å²) in [4.78, 5) is 11.9. The van der Waals surface area contributed by atoms with Gasteiger partial charge in [0.15, 0.2) is 21.3 Å². The predicted octanol–water partition coefficient (Wildman–Crippen LogP) is 0.736. The van der Waals surface area contributed by atoms with Crippen molar-refractivity contribution in [3.8, 4) is 11.5 Å². The highest BCUT2D eigenvalue weighted by molar-refractivity contribution is 7.91. The monoisotopic (exact) mass is 356 g/mol. The molecule has 1 unspecified atom stereocenters. The number of likely N-dealkylation sites (N-methyl/N-ethyl adjacent to an activating group) is 1. The van der Waals surface area contributed by atoms with Gasteiger partial charge in [-0.15, -0.1) is 0 Å². The number of fused-ring (bicyclic) bond motifs is 1. The van der Waals surface area contributed by atoms with Crippen LogP contribution in [-0.4, -0.2) is 52.9 Å². The fourth-order valence-corrected chi connectivity index (χ4v) is 3.39. The molecule has 0 fully saturated rings. The molecule has 1 aromatic carbocycles. The van der Waals surface area contributed by atoms with Crippen molar-refractivity contribution in [2.24, 2.45) is 0 Å². The maximum absolute atomic E-state index is 12.4. The number of benzene rings is 1. The van der Waals surface area contributed by atoms with Gasteiger partial charge in [-0.25, -0.2) is 8.42 Å². The van der Waals surface area contributed by atoms with E-state index in [0.717, 1.165) is 6.42 Å². The lowest BCUT2D eigenvalue weighted by Crippen LogP contribution is -2.37. The molecule has 0 spiro atoms. The molecule has 0 saturated carbocycles. The molecular formula is C16H24N2O5S. The largest absolute Gasteiger partial charge is 0.490 e. The molecule has 1 amide bonds. The van der Waals surface area contributed by atoms with Crippen molar-refractivity contribution in [1.29, 1.82) is 0 Å². The molecule has 0 aromatic heterocycles. The number of nitrogens with one attached hydrogen (secondary N) is 2. The smallest absolute Gasteiger partial charge is 0.221 e. The number of rotatable bonds is 7. The van der Waals surface area contributed by atoms with Crippen LogP contribution in [0.4, 0.5) is 0 Å². The molecule has 24 heavy (non-hydrogen) atoms. The van der Waals surface area contributed by atoms with E-state index < -0.39 is 9.84 Å². The minimum atomic E-state index is -3.56. The van der Waals surface area contributed by atoms with Gasteiger partial charge in [0, 0.05) is 31.5 Å². The summed E-state index contributed by atoms with van der Waals surface area (Å²) in [6.45, 7) is 3.42. The van der Waals surface area contributed by atoms with Gasteiger partial charge in [-0.3, -0.25) is 4.79 Å². The highest BCUT2D eigenvalue weighted by Gasteiger charge is 2.20. The van der Waals surface area contributed by atoms with E-state index >= 15 is 0 Å². The van der Waals surface area contributed by atoms with Crippen molar-refractivity contribution in [3.05, 3.63) is 18.2 Å². The fourth-order valence-electron chi connectivity index (χ4n) is 2.14. The van der Waals surface area contributed by atoms with Crippen LogP contribution < -0.4 is 20.1 Å². The van der Waals surface area contributed by atoms with E-state index in [9.17, 15) is 13.2 Å². The third-order valence-corrected chi connectivity index (χ3v) is 5.49. The summed E-state index contributed by atoms with van der Waals surface area (Å²) >= 11 is 0. The molecule has 1 aliphatic heterocycles. The van der Waals surface area contributed by atoms with Crippen molar-refractivity contribution in [2.75, 3.05) is 32.6 Å². The lowest BCUT2D eigenvalue weighted by atomic mass is 10.3. The van der Waals surface area contributed by atoms with E-state index in [-0.39, 0.29) is 29.0 Å². The Morgan fingerprint density at radius 3 is 2.67 bits per heavy atom. The highest BCUT2D eigenvalue weighted by atomic mass is 32.2. The van der Waals surface area contributed by atoms with Gasteiger partial charge in [0.25, 0.3) is 0 Å². The first kappa shape index (κ1) is 18.5. The summed E-state index contributed by atoms with van der Waals surface area (Å²) in [6.07, 6.45) is 0.676. The van der Waals surface area contributed by atoms with E-state index in [1.165, 1.54) is 12.1 Å². The number of ether oxygens (including phenoxy) is 2. The second kappa shape index (κ2) is 8.34. The number of hydrogen-bond donors (Lipinski definition) is 2. The average Bonchev–Trinajstić information content (AvgIpc) is 2.82. The maximum Gasteiger partial charge on any atom is 0.221 e. The molecular weight excluding hydrogens is 332 g/mol. The number of hydrogen-bond acceptors (Lipinski definition) is 6. The Kier molecular flexibility index (Phi) is 6.44. The molecule has 0 aliphatic carbocycles. The quantitative estimate of drug-likeness (QED) is 0.748. The molecule has 8 heteroatoms. The number of carbonyl (C=O) groups is 1. The summed E-state index contributed by atoms with van der Waals surface area (Å²) in [7, 11) is -1.76. The molecule has 2 rings (SSSR count). The molecule has 1 aliphatic rings. The van der Waals surface area contributed by atoms with Gasteiger partial charge in [-0.05, 0) is 26.1 Å². The zero-order valence-corrected chi connectivity index (χ0v) is 14.8. The topological polar surface area (TPSA) is 93.7 Å². The van der Waals surface area contributed by atoms with Crippen molar-refractivity contribution in [3.63, 3.8) is 0 Å². The molecule has 1 aromatic rings. The first-order valence-corrected chi connectivity index (χ1v) is 9.64. The third-order valence-electron chi connectivity index (χ3n) is 3.77. The molecule has 7 nitrogen and oxygen atoms in total. The Balaban J connectivity index is 1.97. The van der Waals surface area contributed by atoms with Crippen molar-refractivity contribution >= 4 is 15.7 Å². The predicted molar refractivity (Wildman–Crippen MR) is 90.3 cm³/mol. The lowest BCUT2D eigenvalue weighted by Gasteiger charge is -2.12. The van der Waals surface area contributed by atoms with Crippen LogP contribution in [0.3, 0.4) is 0 Å². The lowest BCUT2D eigenvalue weighted by molar-refractivity contribution is -0.120. The van der Waals surface area contributed by atoms with Gasteiger partial charge < -0.3 is 20.1 Å². The highest BCUT2D eigenvalue weighted by Crippen LogP contribution is 2.32. The summed E-state index contributed by atoms with van der Waals surface area (Å²) < 4.78 is 35.8. The van der Waals surface area contributed by atoms with Gasteiger partial charge in [-0.2, -0.15) is 0 Å². The zero-order valence-electron chi connectivity index (χ0n) is 14.0. The first-order chi connectivity index (χ1) is 11.4.